The molecule has 0 amide bonds. The summed E-state index contributed by atoms with van der Waals surface area (Å²) < 4.78 is 47.9. The zero-order valence-electron chi connectivity index (χ0n) is 18.1. The van der Waals surface area contributed by atoms with E-state index in [2.05, 4.69) is 20.0 Å². The predicted molar refractivity (Wildman–Crippen MR) is 113 cm³/mol. The first-order valence-electron chi connectivity index (χ1n) is 10.0. The molecule has 4 aromatic rings. The Kier molecular flexibility index (Phi) is 5.71. The van der Waals surface area contributed by atoms with Crippen molar-refractivity contribution in [2.24, 2.45) is 0 Å². The molecule has 0 bridgehead atoms. The predicted octanol–water partition coefficient (Wildman–Crippen LogP) is 5.08. The van der Waals surface area contributed by atoms with Gasteiger partial charge in [0.05, 0.1) is 12.1 Å². The summed E-state index contributed by atoms with van der Waals surface area (Å²) in [6.07, 6.45) is -4.76. The summed E-state index contributed by atoms with van der Waals surface area (Å²) >= 11 is 0. The molecule has 4 rings (SSSR count). The molecule has 2 aromatic carbocycles. The molecule has 0 radical (unpaired) electrons. The van der Waals surface area contributed by atoms with Crippen LogP contribution in [0, 0.1) is 6.92 Å². The van der Waals surface area contributed by atoms with Crippen molar-refractivity contribution in [1.82, 2.24) is 19.9 Å². The first-order chi connectivity index (χ1) is 15.5. The zero-order chi connectivity index (χ0) is 23.8. The quantitative estimate of drug-likeness (QED) is 0.434. The van der Waals surface area contributed by atoms with Crippen LogP contribution in [0.15, 0.2) is 59.1 Å². The van der Waals surface area contributed by atoms with E-state index in [1.165, 1.54) is 24.3 Å². The molecule has 7 nitrogen and oxygen atoms in total. The van der Waals surface area contributed by atoms with Crippen LogP contribution >= 0.6 is 0 Å². The molecule has 2 heterocycles. The highest BCUT2D eigenvalue weighted by Crippen LogP contribution is 2.27. The Hall–Kier alpha value is -3.66. The largest absolute Gasteiger partial charge is 0.573 e. The van der Waals surface area contributed by atoms with Crippen molar-refractivity contribution in [2.75, 3.05) is 0 Å². The van der Waals surface area contributed by atoms with E-state index in [-0.39, 0.29) is 17.5 Å². The molecule has 0 saturated carbocycles. The highest BCUT2D eigenvalue weighted by atomic mass is 19.4. The van der Waals surface area contributed by atoms with Crippen molar-refractivity contribution in [1.29, 1.82) is 0 Å². The molecule has 0 aliphatic carbocycles. The van der Waals surface area contributed by atoms with E-state index in [1.807, 2.05) is 31.2 Å². The van der Waals surface area contributed by atoms with Gasteiger partial charge in [0.2, 0.25) is 5.82 Å². The zero-order valence-corrected chi connectivity index (χ0v) is 18.1. The van der Waals surface area contributed by atoms with Gasteiger partial charge in [0, 0.05) is 11.3 Å². The molecule has 0 atom stereocenters. The van der Waals surface area contributed by atoms with Gasteiger partial charge < -0.3 is 14.4 Å². The maximum absolute atomic E-state index is 12.3. The number of hydrogen-bond donors (Lipinski definition) is 1. The van der Waals surface area contributed by atoms with Gasteiger partial charge in [0.25, 0.3) is 5.89 Å². The topological polar surface area (TPSA) is 86.2 Å². The Morgan fingerprint density at radius 1 is 1.06 bits per heavy atom. The average Bonchev–Trinajstić information content (AvgIpc) is 3.34. The van der Waals surface area contributed by atoms with Gasteiger partial charge in [0.1, 0.15) is 5.75 Å². The summed E-state index contributed by atoms with van der Waals surface area (Å²) in [4.78, 5) is 4.31. The molecule has 2 aromatic heterocycles. The van der Waals surface area contributed by atoms with Crippen LogP contribution in [0.4, 0.5) is 13.2 Å². The number of aryl methyl sites for hydroxylation is 1. The first-order valence-corrected chi connectivity index (χ1v) is 10.0. The van der Waals surface area contributed by atoms with E-state index in [0.717, 1.165) is 16.8 Å². The molecule has 0 fully saturated rings. The molecule has 172 valence electrons. The van der Waals surface area contributed by atoms with E-state index in [1.54, 1.807) is 24.6 Å². The molecular weight excluding hydrogens is 437 g/mol. The van der Waals surface area contributed by atoms with Crippen molar-refractivity contribution < 1.29 is 27.5 Å². The van der Waals surface area contributed by atoms with Gasteiger partial charge in [-0.25, -0.2) is 0 Å². The fourth-order valence-corrected chi connectivity index (χ4v) is 3.25. The molecule has 0 aliphatic heterocycles. The average molecular weight is 458 g/mol. The summed E-state index contributed by atoms with van der Waals surface area (Å²) in [5.41, 5.74) is 2.64. The number of aliphatic hydroxyl groups is 1. The highest BCUT2D eigenvalue weighted by molar-refractivity contribution is 5.59. The fourth-order valence-electron chi connectivity index (χ4n) is 3.25. The van der Waals surface area contributed by atoms with Gasteiger partial charge in [-0.05, 0) is 62.2 Å². The second kappa shape index (κ2) is 8.36. The highest BCUT2D eigenvalue weighted by Gasteiger charge is 2.31. The molecule has 0 saturated heterocycles. The standard InChI is InChI=1S/C23H21F3N4O3/c1-14-11-19(28-30(14)13-15-5-4-6-17(12-15)22(2,3)31)21-27-20(29-33-21)16-7-9-18(10-8-16)32-23(24,25)26/h4-12,31H,13H2,1-3H3. The van der Waals surface area contributed by atoms with E-state index in [9.17, 15) is 18.3 Å². The van der Waals surface area contributed by atoms with Crippen LogP contribution in [0.2, 0.25) is 0 Å². The van der Waals surface area contributed by atoms with Gasteiger partial charge in [0.15, 0.2) is 5.69 Å². The van der Waals surface area contributed by atoms with Crippen LogP contribution in [0.1, 0.15) is 30.7 Å². The number of hydrogen-bond acceptors (Lipinski definition) is 6. The minimum atomic E-state index is -4.76. The van der Waals surface area contributed by atoms with Crippen molar-refractivity contribution >= 4 is 0 Å². The van der Waals surface area contributed by atoms with Crippen LogP contribution in [-0.4, -0.2) is 31.4 Å². The van der Waals surface area contributed by atoms with Crippen molar-refractivity contribution in [3.8, 4) is 28.7 Å². The summed E-state index contributed by atoms with van der Waals surface area (Å²) in [6, 6.07) is 14.6. The Balaban J connectivity index is 1.52. The Morgan fingerprint density at radius 2 is 1.79 bits per heavy atom. The Bertz CT molecular complexity index is 1260. The fraction of sp³-hybridized carbons (Fsp3) is 0.261. The summed E-state index contributed by atoms with van der Waals surface area (Å²) in [6.45, 7) is 5.84. The summed E-state index contributed by atoms with van der Waals surface area (Å²) in [7, 11) is 0. The van der Waals surface area contributed by atoms with Crippen molar-refractivity contribution in [3.05, 3.63) is 71.4 Å². The molecule has 0 aliphatic rings. The maximum atomic E-state index is 12.3. The lowest BCUT2D eigenvalue weighted by Gasteiger charge is -2.18. The minimum Gasteiger partial charge on any atom is -0.406 e. The second-order valence-corrected chi connectivity index (χ2v) is 8.08. The number of alkyl halides is 3. The van der Waals surface area contributed by atoms with E-state index in [0.29, 0.717) is 17.8 Å². The Morgan fingerprint density at radius 3 is 2.45 bits per heavy atom. The third kappa shape index (κ3) is 5.40. The van der Waals surface area contributed by atoms with Gasteiger partial charge in [-0.2, -0.15) is 10.1 Å². The van der Waals surface area contributed by atoms with Crippen LogP contribution in [0.25, 0.3) is 23.0 Å². The monoisotopic (exact) mass is 458 g/mol. The minimum absolute atomic E-state index is 0.188. The third-order valence-corrected chi connectivity index (χ3v) is 4.94. The van der Waals surface area contributed by atoms with Gasteiger partial charge in [-0.15, -0.1) is 13.2 Å². The lowest BCUT2D eigenvalue weighted by Crippen LogP contribution is -2.16. The number of benzene rings is 2. The van der Waals surface area contributed by atoms with Crippen LogP contribution in [0.5, 0.6) is 5.75 Å². The maximum Gasteiger partial charge on any atom is 0.573 e. The molecule has 10 heteroatoms. The smallest absolute Gasteiger partial charge is 0.406 e. The lowest BCUT2D eigenvalue weighted by molar-refractivity contribution is -0.274. The molecule has 1 N–H and O–H groups in total. The molecule has 0 spiro atoms. The van der Waals surface area contributed by atoms with E-state index >= 15 is 0 Å². The molecule has 33 heavy (non-hydrogen) atoms. The van der Waals surface area contributed by atoms with Crippen LogP contribution in [0.3, 0.4) is 0 Å². The van der Waals surface area contributed by atoms with E-state index < -0.39 is 12.0 Å². The van der Waals surface area contributed by atoms with Crippen molar-refractivity contribution in [2.45, 2.75) is 39.3 Å². The van der Waals surface area contributed by atoms with Gasteiger partial charge in [-0.3, -0.25) is 4.68 Å². The lowest BCUT2D eigenvalue weighted by atomic mass is 9.96. The third-order valence-electron chi connectivity index (χ3n) is 4.94. The second-order valence-electron chi connectivity index (χ2n) is 8.08. The molecular formula is C23H21F3N4O3. The van der Waals surface area contributed by atoms with Gasteiger partial charge in [-0.1, -0.05) is 29.4 Å². The van der Waals surface area contributed by atoms with Crippen LogP contribution < -0.4 is 4.74 Å². The summed E-state index contributed by atoms with van der Waals surface area (Å²) in [5.74, 6) is 0.0688. The normalized spacial score (nSPS) is 12.2. The number of nitrogens with zero attached hydrogens (tertiary/aromatic N) is 4. The van der Waals surface area contributed by atoms with E-state index in [4.69, 9.17) is 4.52 Å². The van der Waals surface area contributed by atoms with Crippen molar-refractivity contribution in [3.63, 3.8) is 0 Å². The summed E-state index contributed by atoms with van der Waals surface area (Å²) in [5, 5.41) is 18.7. The Labute approximate surface area is 187 Å². The molecule has 0 unspecified atom stereocenters. The first kappa shape index (κ1) is 22.5. The SMILES string of the molecule is Cc1cc(-c2nc(-c3ccc(OC(F)(F)F)cc3)no2)nn1Cc1cccc(C(C)(C)O)c1. The number of aromatic nitrogens is 4. The van der Waals surface area contributed by atoms with Gasteiger partial charge >= 0.3 is 6.36 Å². The van der Waals surface area contributed by atoms with Crippen LogP contribution in [-0.2, 0) is 12.1 Å². The number of ether oxygens (including phenoxy) is 1. The number of rotatable bonds is 6. The number of halogens is 3.